The molecule has 20 heavy (non-hydrogen) atoms. The number of nitro groups is 1. The number of benzene rings is 2. The second kappa shape index (κ2) is 4.72. The molecule has 1 heterocycles. The molecule has 1 aromatic heterocycles. The van der Waals surface area contributed by atoms with Gasteiger partial charge in [0, 0.05) is 22.2 Å². The molecule has 0 amide bonds. The molecule has 2 aromatic carbocycles. The first-order chi connectivity index (χ1) is 9.56. The van der Waals surface area contributed by atoms with Gasteiger partial charge < -0.3 is 4.98 Å². The highest BCUT2D eigenvalue weighted by molar-refractivity contribution is 9.10. The summed E-state index contributed by atoms with van der Waals surface area (Å²) in [5, 5.41) is 10.8. The number of nitrogens with zero attached hydrogens (tertiary/aromatic N) is 2. The summed E-state index contributed by atoms with van der Waals surface area (Å²) in [6, 6.07) is 10.5. The molecule has 0 fully saturated rings. The fraction of sp³-hybridized carbons (Fsp3) is 0.0714. The van der Waals surface area contributed by atoms with Crippen molar-refractivity contribution in [1.29, 1.82) is 0 Å². The van der Waals surface area contributed by atoms with Crippen LogP contribution in [-0.4, -0.2) is 14.9 Å². The van der Waals surface area contributed by atoms with Crippen molar-refractivity contribution in [3.05, 3.63) is 56.5 Å². The monoisotopic (exact) mass is 331 g/mol. The molecular weight excluding hydrogens is 322 g/mol. The van der Waals surface area contributed by atoms with Crippen LogP contribution in [0.2, 0.25) is 0 Å². The molecule has 3 rings (SSSR count). The maximum Gasteiger partial charge on any atom is 0.271 e. The number of nitro benzene ring substituents is 1. The summed E-state index contributed by atoms with van der Waals surface area (Å²) < 4.78 is 1.00. The summed E-state index contributed by atoms with van der Waals surface area (Å²) in [5.41, 5.74) is 3.47. The molecule has 0 saturated carbocycles. The van der Waals surface area contributed by atoms with E-state index >= 15 is 0 Å². The van der Waals surface area contributed by atoms with Crippen LogP contribution in [0.4, 0.5) is 5.69 Å². The van der Waals surface area contributed by atoms with E-state index in [1.807, 2.05) is 25.1 Å². The van der Waals surface area contributed by atoms with Crippen LogP contribution in [0, 0.1) is 17.0 Å². The van der Waals surface area contributed by atoms with Crippen molar-refractivity contribution in [3.63, 3.8) is 0 Å². The highest BCUT2D eigenvalue weighted by Gasteiger charge is 2.12. The zero-order valence-electron chi connectivity index (χ0n) is 10.6. The van der Waals surface area contributed by atoms with Crippen molar-refractivity contribution in [2.24, 2.45) is 0 Å². The minimum atomic E-state index is -0.412. The average Bonchev–Trinajstić information content (AvgIpc) is 2.84. The van der Waals surface area contributed by atoms with E-state index in [0.29, 0.717) is 16.9 Å². The summed E-state index contributed by atoms with van der Waals surface area (Å²) in [6.45, 7) is 2.00. The number of rotatable bonds is 2. The van der Waals surface area contributed by atoms with Gasteiger partial charge in [-0.1, -0.05) is 28.1 Å². The predicted octanol–water partition coefficient (Wildman–Crippen LogP) is 4.21. The van der Waals surface area contributed by atoms with Gasteiger partial charge in [-0.15, -0.1) is 0 Å². The summed E-state index contributed by atoms with van der Waals surface area (Å²) >= 11 is 3.49. The van der Waals surface area contributed by atoms with E-state index in [1.165, 1.54) is 12.1 Å². The maximum absolute atomic E-state index is 10.8. The molecule has 6 heteroatoms. The highest BCUT2D eigenvalue weighted by atomic mass is 79.9. The SMILES string of the molecule is Cc1c(Br)cccc1-c1nc2ccc([N+](=O)[O-])cc2[nH]1. The van der Waals surface area contributed by atoms with Gasteiger partial charge in [-0.25, -0.2) is 4.98 Å². The quantitative estimate of drug-likeness (QED) is 0.564. The third-order valence-corrected chi connectivity index (χ3v) is 4.06. The number of hydrogen-bond acceptors (Lipinski definition) is 3. The van der Waals surface area contributed by atoms with Gasteiger partial charge in [0.1, 0.15) is 5.82 Å². The Kier molecular flexibility index (Phi) is 3.02. The second-order valence-electron chi connectivity index (χ2n) is 4.46. The third-order valence-electron chi connectivity index (χ3n) is 3.20. The molecule has 100 valence electrons. The molecular formula is C14H10BrN3O2. The zero-order chi connectivity index (χ0) is 14.3. The Morgan fingerprint density at radius 3 is 2.85 bits per heavy atom. The van der Waals surface area contributed by atoms with E-state index in [1.54, 1.807) is 6.07 Å². The van der Waals surface area contributed by atoms with Gasteiger partial charge in [-0.2, -0.15) is 0 Å². The predicted molar refractivity (Wildman–Crippen MR) is 80.6 cm³/mol. The molecule has 0 aliphatic carbocycles. The van der Waals surface area contributed by atoms with E-state index < -0.39 is 4.92 Å². The normalized spacial score (nSPS) is 10.9. The highest BCUT2D eigenvalue weighted by Crippen LogP contribution is 2.29. The molecule has 0 bridgehead atoms. The van der Waals surface area contributed by atoms with Crippen molar-refractivity contribution < 1.29 is 4.92 Å². The van der Waals surface area contributed by atoms with Crippen molar-refractivity contribution in [2.75, 3.05) is 0 Å². The molecule has 0 aliphatic heterocycles. The van der Waals surface area contributed by atoms with Crippen LogP contribution in [-0.2, 0) is 0 Å². The van der Waals surface area contributed by atoms with Crippen LogP contribution in [0.1, 0.15) is 5.56 Å². The Balaban J connectivity index is 2.18. The summed E-state index contributed by atoms with van der Waals surface area (Å²) in [7, 11) is 0. The van der Waals surface area contributed by atoms with Gasteiger partial charge in [0.15, 0.2) is 0 Å². The lowest BCUT2D eigenvalue weighted by atomic mass is 10.1. The first-order valence-electron chi connectivity index (χ1n) is 5.96. The number of non-ortho nitro benzene ring substituents is 1. The second-order valence-corrected chi connectivity index (χ2v) is 5.31. The summed E-state index contributed by atoms with van der Waals surface area (Å²) in [4.78, 5) is 18.0. The van der Waals surface area contributed by atoms with Gasteiger partial charge >= 0.3 is 0 Å². The number of aromatic nitrogens is 2. The Labute approximate surface area is 122 Å². The van der Waals surface area contributed by atoms with Gasteiger partial charge in [-0.05, 0) is 24.6 Å². The lowest BCUT2D eigenvalue weighted by Crippen LogP contribution is -1.86. The minimum absolute atomic E-state index is 0.0543. The molecule has 0 spiro atoms. The van der Waals surface area contributed by atoms with E-state index in [0.717, 1.165) is 15.6 Å². The van der Waals surface area contributed by atoms with Crippen molar-refractivity contribution in [2.45, 2.75) is 6.92 Å². The number of hydrogen-bond donors (Lipinski definition) is 1. The largest absolute Gasteiger partial charge is 0.338 e. The fourth-order valence-corrected chi connectivity index (χ4v) is 2.47. The number of H-pyrrole nitrogens is 1. The lowest BCUT2D eigenvalue weighted by Gasteiger charge is -2.03. The van der Waals surface area contributed by atoms with Gasteiger partial charge in [0.2, 0.25) is 0 Å². The van der Waals surface area contributed by atoms with Crippen LogP contribution in [0.5, 0.6) is 0 Å². The molecule has 3 aromatic rings. The smallest absolute Gasteiger partial charge is 0.271 e. The van der Waals surface area contributed by atoms with Crippen molar-refractivity contribution in [1.82, 2.24) is 9.97 Å². The van der Waals surface area contributed by atoms with Crippen LogP contribution >= 0.6 is 15.9 Å². The van der Waals surface area contributed by atoms with Crippen LogP contribution in [0.15, 0.2) is 40.9 Å². The van der Waals surface area contributed by atoms with Crippen LogP contribution in [0.25, 0.3) is 22.4 Å². The number of fused-ring (bicyclic) bond motifs is 1. The van der Waals surface area contributed by atoms with E-state index in [-0.39, 0.29) is 5.69 Å². The van der Waals surface area contributed by atoms with Gasteiger partial charge in [0.05, 0.1) is 16.0 Å². The topological polar surface area (TPSA) is 71.8 Å². The summed E-state index contributed by atoms with van der Waals surface area (Å²) in [6.07, 6.45) is 0. The van der Waals surface area contributed by atoms with Crippen molar-refractivity contribution in [3.8, 4) is 11.4 Å². The van der Waals surface area contributed by atoms with E-state index in [9.17, 15) is 10.1 Å². The molecule has 0 atom stereocenters. The lowest BCUT2D eigenvalue weighted by molar-refractivity contribution is -0.384. The standard InChI is InChI=1S/C14H10BrN3O2/c1-8-10(3-2-4-11(8)15)14-16-12-6-5-9(18(19)20)7-13(12)17-14/h2-7H,1H3,(H,16,17). The Hall–Kier alpha value is -2.21. The van der Waals surface area contributed by atoms with E-state index in [4.69, 9.17) is 0 Å². The van der Waals surface area contributed by atoms with E-state index in [2.05, 4.69) is 25.9 Å². The first-order valence-corrected chi connectivity index (χ1v) is 6.75. The van der Waals surface area contributed by atoms with Crippen LogP contribution in [0.3, 0.4) is 0 Å². The Morgan fingerprint density at radius 2 is 2.10 bits per heavy atom. The maximum atomic E-state index is 10.8. The molecule has 0 radical (unpaired) electrons. The summed E-state index contributed by atoms with van der Waals surface area (Å²) in [5.74, 6) is 0.708. The molecule has 0 saturated heterocycles. The molecule has 0 aliphatic rings. The number of aromatic amines is 1. The van der Waals surface area contributed by atoms with Gasteiger partial charge in [-0.3, -0.25) is 10.1 Å². The first kappa shape index (κ1) is 12.8. The number of nitrogens with one attached hydrogen (secondary N) is 1. The van der Waals surface area contributed by atoms with Gasteiger partial charge in [0.25, 0.3) is 5.69 Å². The number of imidazole rings is 1. The van der Waals surface area contributed by atoms with Crippen molar-refractivity contribution >= 4 is 32.7 Å². The zero-order valence-corrected chi connectivity index (χ0v) is 12.1. The Bertz CT molecular complexity index is 826. The molecule has 5 nitrogen and oxygen atoms in total. The third kappa shape index (κ3) is 2.08. The van der Waals surface area contributed by atoms with Crippen LogP contribution < -0.4 is 0 Å². The minimum Gasteiger partial charge on any atom is -0.338 e. The fourth-order valence-electron chi connectivity index (χ4n) is 2.10. The average molecular weight is 332 g/mol. The number of halogens is 1. The Morgan fingerprint density at radius 1 is 1.30 bits per heavy atom. The molecule has 1 N–H and O–H groups in total. The molecule has 0 unspecified atom stereocenters.